The number of nitriles is 1. The van der Waals surface area contributed by atoms with Crippen LogP contribution in [0.15, 0.2) is 36.7 Å². The van der Waals surface area contributed by atoms with Crippen molar-refractivity contribution in [1.82, 2.24) is 14.9 Å². The molecule has 2 aliphatic heterocycles. The number of hydrogen-bond acceptors (Lipinski definition) is 7. The van der Waals surface area contributed by atoms with Gasteiger partial charge in [0.15, 0.2) is 6.19 Å². The summed E-state index contributed by atoms with van der Waals surface area (Å²) in [6.07, 6.45) is 9.04. The minimum Gasteiger partial charge on any atom is -0.486 e. The second-order valence-corrected chi connectivity index (χ2v) is 7.81. The van der Waals surface area contributed by atoms with Gasteiger partial charge in [-0.3, -0.25) is 9.78 Å². The molecule has 4 rings (SSSR count). The van der Waals surface area contributed by atoms with Gasteiger partial charge in [0.25, 0.3) is 0 Å². The first kappa shape index (κ1) is 21.1. The third-order valence-corrected chi connectivity index (χ3v) is 5.42. The molecular formula is C22H22ClN5O3. The van der Waals surface area contributed by atoms with E-state index in [2.05, 4.69) is 21.5 Å². The lowest BCUT2D eigenvalue weighted by molar-refractivity contribution is -0.115. The van der Waals surface area contributed by atoms with Crippen molar-refractivity contribution in [1.29, 1.82) is 5.26 Å². The molecule has 31 heavy (non-hydrogen) atoms. The summed E-state index contributed by atoms with van der Waals surface area (Å²) < 4.78 is 11.2. The van der Waals surface area contributed by atoms with Crippen molar-refractivity contribution >= 4 is 28.9 Å². The number of halogens is 1. The second-order valence-electron chi connectivity index (χ2n) is 7.41. The smallest absolute Gasteiger partial charge is 0.230 e. The number of pyridine rings is 2. The Kier molecular flexibility index (Phi) is 6.65. The minimum absolute atomic E-state index is 0.0460. The fourth-order valence-electron chi connectivity index (χ4n) is 3.45. The highest BCUT2D eigenvalue weighted by molar-refractivity contribution is 6.32. The number of nitrogens with one attached hydrogen (secondary N) is 1. The molecular weight excluding hydrogens is 418 g/mol. The lowest BCUT2D eigenvalue weighted by Crippen LogP contribution is -2.23. The van der Waals surface area contributed by atoms with Crippen LogP contribution < -0.4 is 10.1 Å². The molecule has 0 unspecified atom stereocenters. The van der Waals surface area contributed by atoms with Gasteiger partial charge in [-0.1, -0.05) is 23.7 Å². The molecule has 0 saturated carbocycles. The number of nitrogens with zero attached hydrogens (tertiary/aromatic N) is 4. The van der Waals surface area contributed by atoms with E-state index in [1.54, 1.807) is 17.2 Å². The van der Waals surface area contributed by atoms with E-state index in [0.29, 0.717) is 42.9 Å². The van der Waals surface area contributed by atoms with Gasteiger partial charge in [-0.15, -0.1) is 0 Å². The van der Waals surface area contributed by atoms with Gasteiger partial charge < -0.3 is 19.7 Å². The van der Waals surface area contributed by atoms with E-state index in [-0.39, 0.29) is 18.4 Å². The van der Waals surface area contributed by atoms with Crippen LogP contribution >= 0.6 is 11.6 Å². The van der Waals surface area contributed by atoms with Crippen LogP contribution in [0.1, 0.15) is 24.1 Å². The van der Waals surface area contributed by atoms with Gasteiger partial charge in [-0.25, -0.2) is 4.98 Å². The minimum atomic E-state index is -0.207. The highest BCUT2D eigenvalue weighted by Gasteiger charge is 2.19. The lowest BCUT2D eigenvalue weighted by atomic mass is 10.0. The van der Waals surface area contributed by atoms with Crippen molar-refractivity contribution in [2.24, 2.45) is 0 Å². The maximum absolute atomic E-state index is 12.5. The Morgan fingerprint density at radius 2 is 2.29 bits per heavy atom. The Morgan fingerprint density at radius 3 is 2.97 bits per heavy atom. The summed E-state index contributed by atoms with van der Waals surface area (Å²) in [5.41, 5.74) is 2.79. The molecule has 2 aromatic rings. The van der Waals surface area contributed by atoms with E-state index >= 15 is 0 Å². The van der Waals surface area contributed by atoms with Crippen LogP contribution in [0.2, 0.25) is 5.02 Å². The Morgan fingerprint density at radius 1 is 1.39 bits per heavy atom. The van der Waals surface area contributed by atoms with Crippen molar-refractivity contribution in [3.05, 3.63) is 52.9 Å². The molecule has 2 aromatic heterocycles. The molecule has 1 fully saturated rings. The van der Waals surface area contributed by atoms with Gasteiger partial charge in [-0.2, -0.15) is 5.26 Å². The molecule has 1 amide bonds. The zero-order valence-corrected chi connectivity index (χ0v) is 17.6. The normalized spacial score (nSPS) is 18.3. The van der Waals surface area contributed by atoms with Crippen molar-refractivity contribution in [2.75, 3.05) is 31.6 Å². The third-order valence-electron chi connectivity index (χ3n) is 5.14. The Hall–Kier alpha value is -3.15. The van der Waals surface area contributed by atoms with E-state index in [1.165, 1.54) is 6.20 Å². The molecule has 160 valence electrons. The van der Waals surface area contributed by atoms with Crippen molar-refractivity contribution in [3.63, 3.8) is 0 Å². The molecule has 0 aliphatic carbocycles. The SMILES string of the molecule is N#CN1CC=C(c2ccc(CC(=O)Nc3cc(O[C@@H]4CCOC4)c(Cl)cn3)cn2)CC1. The molecule has 0 aromatic carbocycles. The van der Waals surface area contributed by atoms with Crippen molar-refractivity contribution < 1.29 is 14.3 Å². The maximum atomic E-state index is 12.5. The summed E-state index contributed by atoms with van der Waals surface area (Å²) in [6, 6.07) is 5.43. The van der Waals surface area contributed by atoms with Gasteiger partial charge in [0.2, 0.25) is 5.91 Å². The first-order chi connectivity index (χ1) is 15.1. The number of hydrogen-bond donors (Lipinski definition) is 1. The van der Waals surface area contributed by atoms with Crippen LogP contribution in [0, 0.1) is 11.5 Å². The topological polar surface area (TPSA) is 100 Å². The average molecular weight is 440 g/mol. The molecule has 4 heterocycles. The molecule has 2 aliphatic rings. The molecule has 1 saturated heterocycles. The number of carbonyl (C=O) groups is 1. The molecule has 1 atom stereocenters. The van der Waals surface area contributed by atoms with E-state index in [9.17, 15) is 4.79 Å². The fraction of sp³-hybridized carbons (Fsp3) is 0.364. The average Bonchev–Trinajstić information content (AvgIpc) is 3.30. The highest BCUT2D eigenvalue weighted by Crippen LogP contribution is 2.28. The van der Waals surface area contributed by atoms with Gasteiger partial charge in [0.1, 0.15) is 22.7 Å². The standard InChI is InChI=1S/C22H22ClN5O3/c23-18-12-26-21(10-20(18)31-17-5-8-30-13-17)27-22(29)9-15-1-2-19(25-11-15)16-3-6-28(14-24)7-4-16/h1-3,10-12,17H,4-9,13H2,(H,26,27,29)/t17-/m1/s1. The summed E-state index contributed by atoms with van der Waals surface area (Å²) in [6.45, 7) is 2.49. The quantitative estimate of drug-likeness (QED) is 0.690. The second kappa shape index (κ2) is 9.77. The molecule has 8 nitrogen and oxygen atoms in total. The maximum Gasteiger partial charge on any atom is 0.230 e. The van der Waals surface area contributed by atoms with Crippen LogP contribution in [0.3, 0.4) is 0 Å². The molecule has 0 radical (unpaired) electrons. The zero-order chi connectivity index (χ0) is 21.6. The Balaban J connectivity index is 1.34. The highest BCUT2D eigenvalue weighted by atomic mass is 35.5. The van der Waals surface area contributed by atoms with Gasteiger partial charge in [-0.05, 0) is 23.6 Å². The number of carbonyl (C=O) groups excluding carboxylic acids is 1. The number of amides is 1. The van der Waals surface area contributed by atoms with E-state index < -0.39 is 0 Å². The Bertz CT molecular complexity index is 1010. The fourth-order valence-corrected chi connectivity index (χ4v) is 3.60. The van der Waals surface area contributed by atoms with Crippen molar-refractivity contribution in [2.45, 2.75) is 25.4 Å². The van der Waals surface area contributed by atoms with Gasteiger partial charge >= 0.3 is 0 Å². The molecule has 0 spiro atoms. The largest absolute Gasteiger partial charge is 0.486 e. The zero-order valence-electron chi connectivity index (χ0n) is 16.9. The van der Waals surface area contributed by atoms with Crippen LogP contribution in [0.5, 0.6) is 5.75 Å². The van der Waals surface area contributed by atoms with Gasteiger partial charge in [0, 0.05) is 31.8 Å². The summed E-state index contributed by atoms with van der Waals surface area (Å²) in [5, 5.41) is 12.1. The third kappa shape index (κ3) is 5.51. The summed E-state index contributed by atoms with van der Waals surface area (Å²) in [5.74, 6) is 0.646. The van der Waals surface area contributed by atoms with Crippen LogP contribution in [-0.2, 0) is 16.0 Å². The van der Waals surface area contributed by atoms with Crippen molar-refractivity contribution in [3.8, 4) is 11.9 Å². The van der Waals surface area contributed by atoms with Crippen LogP contribution in [0.4, 0.5) is 5.82 Å². The summed E-state index contributed by atoms with van der Waals surface area (Å²) >= 11 is 6.16. The number of rotatable bonds is 6. The summed E-state index contributed by atoms with van der Waals surface area (Å²) in [7, 11) is 0. The molecule has 1 N–H and O–H groups in total. The number of anilines is 1. The molecule has 0 bridgehead atoms. The van der Waals surface area contributed by atoms with E-state index in [4.69, 9.17) is 26.3 Å². The molecule has 9 heteroatoms. The summed E-state index contributed by atoms with van der Waals surface area (Å²) in [4.78, 5) is 22.8. The number of aromatic nitrogens is 2. The van der Waals surface area contributed by atoms with Crippen LogP contribution in [-0.4, -0.2) is 53.2 Å². The first-order valence-corrected chi connectivity index (χ1v) is 10.5. The first-order valence-electron chi connectivity index (χ1n) is 10.1. The van der Waals surface area contributed by atoms with E-state index in [0.717, 1.165) is 29.7 Å². The number of ether oxygens (including phenoxy) is 2. The predicted molar refractivity (Wildman–Crippen MR) is 115 cm³/mol. The van der Waals surface area contributed by atoms with E-state index in [1.807, 2.05) is 18.2 Å². The lowest BCUT2D eigenvalue weighted by Gasteiger charge is -2.20. The van der Waals surface area contributed by atoms with Crippen LogP contribution in [0.25, 0.3) is 5.57 Å². The monoisotopic (exact) mass is 439 g/mol. The Labute approximate surface area is 185 Å². The predicted octanol–water partition coefficient (Wildman–Crippen LogP) is 3.05. The van der Waals surface area contributed by atoms with Gasteiger partial charge in [0.05, 0.1) is 31.5 Å².